The third-order valence-corrected chi connectivity index (χ3v) is 6.73. The van der Waals surface area contributed by atoms with Gasteiger partial charge in [-0.1, -0.05) is 18.2 Å². The monoisotopic (exact) mass is 453 g/mol. The molecule has 0 radical (unpaired) electrons. The molecule has 33 heavy (non-hydrogen) atoms. The summed E-state index contributed by atoms with van der Waals surface area (Å²) in [6, 6.07) is 9.77. The Balaban J connectivity index is 1.39. The molecule has 4 rings (SSSR count). The van der Waals surface area contributed by atoms with Crippen LogP contribution in [0.2, 0.25) is 0 Å². The van der Waals surface area contributed by atoms with Crippen LogP contribution in [0, 0.1) is 5.92 Å². The van der Waals surface area contributed by atoms with E-state index in [-0.39, 0.29) is 23.8 Å². The number of amides is 2. The van der Waals surface area contributed by atoms with Crippen LogP contribution in [-0.4, -0.2) is 88.7 Å². The number of rotatable bonds is 7. The smallest absolute Gasteiger partial charge is 0.223 e. The summed E-state index contributed by atoms with van der Waals surface area (Å²) in [6.45, 7) is 4.55. The topological polar surface area (TPSA) is 70.9 Å². The van der Waals surface area contributed by atoms with Crippen LogP contribution >= 0.6 is 0 Å². The number of aromatic nitrogens is 2. The highest BCUT2D eigenvalue weighted by Gasteiger charge is 2.35. The molecule has 178 valence electrons. The highest BCUT2D eigenvalue weighted by molar-refractivity contribution is 5.78. The summed E-state index contributed by atoms with van der Waals surface area (Å²) in [5.74, 6) is 1.10. The standard InChI is InChI=1S/C25H35N5O3/c1-27-12-14-29(15-13-27)25(32)16-21-19-30(24(31)9-8-20-17-26-28(2)18-20)11-10-23(21)33-22-6-4-3-5-7-22/h3-7,17-18,21,23H,8-16,19H2,1-2H3/t21-,23-/m0/s1. The van der Waals surface area contributed by atoms with Crippen LogP contribution < -0.4 is 4.74 Å². The Morgan fingerprint density at radius 1 is 1.00 bits per heavy atom. The van der Waals surface area contributed by atoms with Gasteiger partial charge in [-0.05, 0) is 31.2 Å². The van der Waals surface area contributed by atoms with E-state index in [1.807, 2.05) is 59.6 Å². The highest BCUT2D eigenvalue weighted by atomic mass is 16.5. The average Bonchev–Trinajstić information content (AvgIpc) is 3.24. The summed E-state index contributed by atoms with van der Waals surface area (Å²) in [5, 5.41) is 4.18. The molecule has 2 aliphatic heterocycles. The first kappa shape index (κ1) is 23.3. The number of hydrogen-bond acceptors (Lipinski definition) is 5. The van der Waals surface area contributed by atoms with Crippen LogP contribution in [0.15, 0.2) is 42.7 Å². The first-order valence-corrected chi connectivity index (χ1v) is 11.9. The molecule has 0 N–H and O–H groups in total. The van der Waals surface area contributed by atoms with E-state index in [2.05, 4.69) is 17.0 Å². The van der Waals surface area contributed by atoms with Crippen molar-refractivity contribution in [3.05, 3.63) is 48.3 Å². The van der Waals surface area contributed by atoms with E-state index >= 15 is 0 Å². The Kier molecular flexibility index (Phi) is 7.65. The number of hydrogen-bond donors (Lipinski definition) is 0. The molecule has 8 heteroatoms. The maximum Gasteiger partial charge on any atom is 0.223 e. The molecule has 2 amide bonds. The molecule has 8 nitrogen and oxygen atoms in total. The molecule has 2 atom stereocenters. The lowest BCUT2D eigenvalue weighted by atomic mass is 9.90. The molecular formula is C25H35N5O3. The number of benzene rings is 1. The fourth-order valence-electron chi connectivity index (χ4n) is 4.68. The van der Waals surface area contributed by atoms with Crippen molar-refractivity contribution < 1.29 is 14.3 Å². The van der Waals surface area contributed by atoms with E-state index in [9.17, 15) is 9.59 Å². The number of likely N-dealkylation sites (tertiary alicyclic amines) is 1. The van der Waals surface area contributed by atoms with Crippen molar-refractivity contribution in [2.45, 2.75) is 31.8 Å². The molecule has 2 aliphatic rings. The minimum absolute atomic E-state index is 0.0199. The van der Waals surface area contributed by atoms with Crippen molar-refractivity contribution in [3.8, 4) is 5.75 Å². The highest BCUT2D eigenvalue weighted by Crippen LogP contribution is 2.27. The normalized spacial score (nSPS) is 21.8. The van der Waals surface area contributed by atoms with Crippen molar-refractivity contribution in [1.29, 1.82) is 0 Å². The van der Waals surface area contributed by atoms with Crippen molar-refractivity contribution in [2.24, 2.45) is 13.0 Å². The van der Waals surface area contributed by atoms with Crippen LogP contribution in [-0.2, 0) is 23.1 Å². The predicted octanol–water partition coefficient (Wildman–Crippen LogP) is 1.81. The van der Waals surface area contributed by atoms with Crippen LogP contribution in [0.25, 0.3) is 0 Å². The number of carbonyl (C=O) groups is 2. The Bertz CT molecular complexity index is 923. The van der Waals surface area contributed by atoms with Crippen LogP contribution in [0.4, 0.5) is 0 Å². The van der Waals surface area contributed by atoms with Crippen LogP contribution in [0.3, 0.4) is 0 Å². The minimum atomic E-state index is -0.0776. The fourth-order valence-corrected chi connectivity index (χ4v) is 4.68. The maximum absolute atomic E-state index is 13.1. The minimum Gasteiger partial charge on any atom is -0.490 e. The SMILES string of the molecule is CN1CCN(C(=O)C[C@H]2CN(C(=O)CCc3cnn(C)c3)CC[C@@H]2Oc2ccccc2)CC1. The number of likely N-dealkylation sites (N-methyl/N-ethyl adjacent to an activating group) is 1. The summed E-state index contributed by atoms with van der Waals surface area (Å²) in [4.78, 5) is 32.2. The number of carbonyl (C=O) groups excluding carboxylic acids is 2. The zero-order valence-electron chi connectivity index (χ0n) is 19.7. The molecule has 2 aromatic rings. The van der Waals surface area contributed by atoms with Gasteiger partial charge in [-0.2, -0.15) is 5.10 Å². The predicted molar refractivity (Wildman–Crippen MR) is 126 cm³/mol. The first-order chi connectivity index (χ1) is 16.0. The van der Waals surface area contributed by atoms with Crippen LogP contribution in [0.1, 0.15) is 24.8 Å². The summed E-state index contributed by atoms with van der Waals surface area (Å²) in [6.07, 6.45) is 5.95. The van der Waals surface area contributed by atoms with E-state index < -0.39 is 0 Å². The Hall–Kier alpha value is -2.87. The Morgan fingerprint density at radius 2 is 1.76 bits per heavy atom. The lowest BCUT2D eigenvalue weighted by Gasteiger charge is -2.40. The van der Waals surface area contributed by atoms with Crippen molar-refractivity contribution >= 4 is 11.8 Å². The third-order valence-electron chi connectivity index (χ3n) is 6.73. The first-order valence-electron chi connectivity index (χ1n) is 11.9. The van der Waals surface area contributed by atoms with Crippen molar-refractivity contribution in [2.75, 3.05) is 46.3 Å². The van der Waals surface area contributed by atoms with Gasteiger partial charge in [0.25, 0.3) is 0 Å². The van der Waals surface area contributed by atoms with E-state index in [1.165, 1.54) is 0 Å². The number of ether oxygens (including phenoxy) is 1. The van der Waals surface area contributed by atoms with Crippen molar-refractivity contribution in [1.82, 2.24) is 24.5 Å². The summed E-state index contributed by atoms with van der Waals surface area (Å²) in [7, 11) is 3.96. The summed E-state index contributed by atoms with van der Waals surface area (Å²) < 4.78 is 8.06. The quantitative estimate of drug-likeness (QED) is 0.640. The molecule has 2 saturated heterocycles. The van der Waals surface area contributed by atoms with Gasteiger partial charge in [-0.15, -0.1) is 0 Å². The number of nitrogens with zero attached hydrogens (tertiary/aromatic N) is 5. The molecule has 3 heterocycles. The molecule has 0 aliphatic carbocycles. The Labute approximate surface area is 196 Å². The Morgan fingerprint density at radius 3 is 2.45 bits per heavy atom. The second-order valence-electron chi connectivity index (χ2n) is 9.27. The molecule has 1 aromatic carbocycles. The fraction of sp³-hybridized carbons (Fsp3) is 0.560. The zero-order chi connectivity index (χ0) is 23.2. The largest absolute Gasteiger partial charge is 0.490 e. The van der Waals surface area contributed by atoms with E-state index in [0.29, 0.717) is 32.4 Å². The van der Waals surface area contributed by atoms with Gasteiger partial charge in [0.05, 0.1) is 6.20 Å². The zero-order valence-corrected chi connectivity index (χ0v) is 19.7. The molecule has 1 aromatic heterocycles. The lowest BCUT2D eigenvalue weighted by Crippen LogP contribution is -2.51. The van der Waals surface area contributed by atoms with Gasteiger partial charge in [-0.25, -0.2) is 0 Å². The van der Waals surface area contributed by atoms with Gasteiger partial charge >= 0.3 is 0 Å². The molecule has 2 fully saturated rings. The number of piperazine rings is 1. The summed E-state index contributed by atoms with van der Waals surface area (Å²) in [5.41, 5.74) is 1.06. The molecule has 0 unspecified atom stereocenters. The molecule has 0 bridgehead atoms. The van der Waals surface area contributed by atoms with E-state index in [1.54, 1.807) is 4.68 Å². The number of piperidine rings is 1. The second kappa shape index (κ2) is 10.8. The van der Waals surface area contributed by atoms with Gasteiger partial charge in [0.2, 0.25) is 11.8 Å². The van der Waals surface area contributed by atoms with Gasteiger partial charge in [-0.3, -0.25) is 14.3 Å². The lowest BCUT2D eigenvalue weighted by molar-refractivity contribution is -0.140. The number of aryl methyl sites for hydroxylation is 2. The number of para-hydroxylation sites is 1. The van der Waals surface area contributed by atoms with E-state index in [4.69, 9.17) is 4.74 Å². The van der Waals surface area contributed by atoms with Gasteiger partial charge in [0.1, 0.15) is 11.9 Å². The molecular weight excluding hydrogens is 418 g/mol. The maximum atomic E-state index is 13.1. The molecule has 0 spiro atoms. The van der Waals surface area contributed by atoms with Gasteiger partial charge in [0, 0.05) is 77.7 Å². The van der Waals surface area contributed by atoms with Gasteiger partial charge in [0.15, 0.2) is 0 Å². The third kappa shape index (κ3) is 6.35. The summed E-state index contributed by atoms with van der Waals surface area (Å²) >= 11 is 0. The average molecular weight is 454 g/mol. The molecule has 0 saturated carbocycles. The van der Waals surface area contributed by atoms with Crippen LogP contribution in [0.5, 0.6) is 5.75 Å². The van der Waals surface area contributed by atoms with E-state index in [0.717, 1.165) is 43.9 Å². The van der Waals surface area contributed by atoms with Crippen molar-refractivity contribution in [3.63, 3.8) is 0 Å². The van der Waals surface area contributed by atoms with Gasteiger partial charge < -0.3 is 19.4 Å². The second-order valence-corrected chi connectivity index (χ2v) is 9.27.